The summed E-state index contributed by atoms with van der Waals surface area (Å²) in [6.07, 6.45) is 0. The number of methoxy groups -OCH3 is 1. The predicted molar refractivity (Wildman–Crippen MR) is 81.4 cm³/mol. The van der Waals surface area contributed by atoms with Crippen molar-refractivity contribution in [3.8, 4) is 5.75 Å². The van der Waals surface area contributed by atoms with Crippen LogP contribution in [0.4, 0.5) is 0 Å². The second-order valence-corrected chi connectivity index (χ2v) is 4.85. The molecule has 0 radical (unpaired) electrons. The van der Waals surface area contributed by atoms with E-state index in [0.717, 1.165) is 16.9 Å². The summed E-state index contributed by atoms with van der Waals surface area (Å²) in [5, 5.41) is 12.6. The van der Waals surface area contributed by atoms with Crippen LogP contribution in [0.5, 0.6) is 5.75 Å². The Kier molecular flexibility index (Phi) is 4.95. The number of rotatable bonds is 6. The maximum Gasteiger partial charge on any atom is 0.325 e. The van der Waals surface area contributed by atoms with Crippen molar-refractivity contribution < 1.29 is 14.6 Å². The molecule has 0 heterocycles. The lowest BCUT2D eigenvalue weighted by molar-refractivity contribution is -0.139. The van der Waals surface area contributed by atoms with Gasteiger partial charge in [-0.25, -0.2) is 0 Å². The minimum atomic E-state index is -0.893. The largest absolute Gasteiger partial charge is 0.497 e. The van der Waals surface area contributed by atoms with Crippen LogP contribution in [0.2, 0.25) is 0 Å². The minimum absolute atomic E-state index is 0.110. The molecule has 0 fully saturated rings. The van der Waals surface area contributed by atoms with Gasteiger partial charge >= 0.3 is 5.97 Å². The predicted octanol–water partition coefficient (Wildman–Crippen LogP) is 3.17. The molecule has 0 spiro atoms. The van der Waals surface area contributed by atoms with Gasteiger partial charge in [0, 0.05) is 6.04 Å². The summed E-state index contributed by atoms with van der Waals surface area (Å²) in [5.41, 5.74) is 1.72. The molecular formula is C17H19NO3. The lowest BCUT2D eigenvalue weighted by Crippen LogP contribution is -2.30. The minimum Gasteiger partial charge on any atom is -0.497 e. The third kappa shape index (κ3) is 3.83. The van der Waals surface area contributed by atoms with E-state index in [1.54, 1.807) is 7.11 Å². The molecule has 0 amide bonds. The Morgan fingerprint density at radius 1 is 1.10 bits per heavy atom. The normalized spacial score (nSPS) is 13.4. The lowest BCUT2D eigenvalue weighted by atomic mass is 10.0. The zero-order chi connectivity index (χ0) is 15.2. The highest BCUT2D eigenvalue weighted by atomic mass is 16.5. The number of ether oxygens (including phenoxy) is 1. The van der Waals surface area contributed by atoms with Crippen molar-refractivity contribution in [1.29, 1.82) is 0 Å². The van der Waals surface area contributed by atoms with E-state index in [2.05, 4.69) is 5.32 Å². The molecule has 0 aromatic heterocycles. The molecule has 1 unspecified atom stereocenters. The van der Waals surface area contributed by atoms with Crippen LogP contribution in [0.25, 0.3) is 0 Å². The van der Waals surface area contributed by atoms with Crippen LogP contribution in [0.3, 0.4) is 0 Å². The molecule has 2 aromatic rings. The molecule has 2 rings (SSSR count). The molecule has 4 nitrogen and oxygen atoms in total. The molecule has 4 heteroatoms. The molecule has 2 atom stereocenters. The Bertz CT molecular complexity index is 598. The summed E-state index contributed by atoms with van der Waals surface area (Å²) >= 11 is 0. The van der Waals surface area contributed by atoms with Gasteiger partial charge in [-0.3, -0.25) is 10.1 Å². The van der Waals surface area contributed by atoms with Gasteiger partial charge in [-0.2, -0.15) is 0 Å². The van der Waals surface area contributed by atoms with Crippen LogP contribution in [-0.2, 0) is 4.79 Å². The van der Waals surface area contributed by atoms with Crippen molar-refractivity contribution >= 4 is 5.97 Å². The number of carboxylic acid groups (broad SMARTS) is 1. The Balaban J connectivity index is 2.18. The number of hydrogen-bond donors (Lipinski definition) is 2. The number of carbonyl (C=O) groups is 1. The van der Waals surface area contributed by atoms with Crippen LogP contribution in [-0.4, -0.2) is 18.2 Å². The van der Waals surface area contributed by atoms with Crippen LogP contribution >= 0.6 is 0 Å². The fourth-order valence-electron chi connectivity index (χ4n) is 2.21. The third-order valence-electron chi connectivity index (χ3n) is 3.39. The lowest BCUT2D eigenvalue weighted by Gasteiger charge is -2.21. The van der Waals surface area contributed by atoms with Gasteiger partial charge in [-0.05, 0) is 30.2 Å². The molecule has 2 aromatic carbocycles. The van der Waals surface area contributed by atoms with Crippen LogP contribution in [0.15, 0.2) is 54.6 Å². The average Bonchev–Trinajstić information content (AvgIpc) is 2.53. The maximum absolute atomic E-state index is 11.5. The summed E-state index contributed by atoms with van der Waals surface area (Å²) in [7, 11) is 1.61. The van der Waals surface area contributed by atoms with Gasteiger partial charge in [0.2, 0.25) is 0 Å². The first-order chi connectivity index (χ1) is 10.1. The first kappa shape index (κ1) is 15.1. The van der Waals surface area contributed by atoms with E-state index in [0.29, 0.717) is 0 Å². The van der Waals surface area contributed by atoms with Crippen molar-refractivity contribution in [3.05, 3.63) is 65.7 Å². The van der Waals surface area contributed by atoms with Crippen molar-refractivity contribution in [2.75, 3.05) is 7.11 Å². The van der Waals surface area contributed by atoms with Crippen molar-refractivity contribution in [1.82, 2.24) is 5.32 Å². The van der Waals surface area contributed by atoms with Gasteiger partial charge < -0.3 is 9.84 Å². The monoisotopic (exact) mass is 285 g/mol. The number of carboxylic acids is 1. The van der Waals surface area contributed by atoms with E-state index in [-0.39, 0.29) is 6.04 Å². The second kappa shape index (κ2) is 6.90. The van der Waals surface area contributed by atoms with E-state index in [1.165, 1.54) is 0 Å². The Hall–Kier alpha value is -2.33. The summed E-state index contributed by atoms with van der Waals surface area (Å²) in [5.74, 6) is -0.135. The fraction of sp³-hybridized carbons (Fsp3) is 0.235. The standard InChI is InChI=1S/C17H19NO3/c1-12(14-9-6-10-15(11-14)21-2)18-16(17(19)20)13-7-4-3-5-8-13/h3-12,16,18H,1-2H3,(H,19,20)/t12-,16?/m1/s1. The molecule has 0 aliphatic carbocycles. The van der Waals surface area contributed by atoms with Crippen LogP contribution < -0.4 is 10.1 Å². The van der Waals surface area contributed by atoms with Gasteiger partial charge in [0.25, 0.3) is 0 Å². The number of hydrogen-bond acceptors (Lipinski definition) is 3. The van der Waals surface area contributed by atoms with Gasteiger partial charge in [-0.1, -0.05) is 42.5 Å². The first-order valence-electron chi connectivity index (χ1n) is 6.79. The molecule has 2 N–H and O–H groups in total. The molecule has 0 aliphatic rings. The SMILES string of the molecule is COc1cccc([C@@H](C)NC(C(=O)O)c2ccccc2)c1. The third-order valence-corrected chi connectivity index (χ3v) is 3.39. The van der Waals surface area contributed by atoms with Gasteiger partial charge in [-0.15, -0.1) is 0 Å². The second-order valence-electron chi connectivity index (χ2n) is 4.85. The summed E-state index contributed by atoms with van der Waals surface area (Å²) in [6, 6.07) is 15.9. The molecule has 110 valence electrons. The highest BCUT2D eigenvalue weighted by Gasteiger charge is 2.22. The zero-order valence-corrected chi connectivity index (χ0v) is 12.1. The van der Waals surface area contributed by atoms with E-state index in [4.69, 9.17) is 4.74 Å². The molecule has 0 saturated heterocycles. The van der Waals surface area contributed by atoms with Gasteiger partial charge in [0.05, 0.1) is 7.11 Å². The van der Waals surface area contributed by atoms with Crippen LogP contribution in [0.1, 0.15) is 30.1 Å². The molecule has 0 aliphatic heterocycles. The smallest absolute Gasteiger partial charge is 0.325 e. The van der Waals surface area contributed by atoms with E-state index in [1.807, 2.05) is 61.5 Å². The van der Waals surface area contributed by atoms with E-state index >= 15 is 0 Å². The zero-order valence-electron chi connectivity index (χ0n) is 12.1. The Morgan fingerprint density at radius 3 is 2.38 bits per heavy atom. The average molecular weight is 285 g/mol. The molecule has 21 heavy (non-hydrogen) atoms. The number of aliphatic carboxylic acids is 1. The van der Waals surface area contributed by atoms with E-state index in [9.17, 15) is 9.90 Å². The van der Waals surface area contributed by atoms with Crippen LogP contribution in [0, 0.1) is 0 Å². The topological polar surface area (TPSA) is 58.6 Å². The quantitative estimate of drug-likeness (QED) is 0.856. The highest BCUT2D eigenvalue weighted by Crippen LogP contribution is 2.22. The summed E-state index contributed by atoms with van der Waals surface area (Å²) in [4.78, 5) is 11.5. The molecule has 0 saturated carbocycles. The Morgan fingerprint density at radius 2 is 1.76 bits per heavy atom. The first-order valence-corrected chi connectivity index (χ1v) is 6.79. The van der Waals surface area contributed by atoms with Gasteiger partial charge in [0.15, 0.2) is 0 Å². The summed E-state index contributed by atoms with van der Waals surface area (Å²) in [6.45, 7) is 1.94. The van der Waals surface area contributed by atoms with Crippen molar-refractivity contribution in [3.63, 3.8) is 0 Å². The Labute approximate surface area is 124 Å². The maximum atomic E-state index is 11.5. The van der Waals surface area contributed by atoms with Crippen molar-refractivity contribution in [2.45, 2.75) is 19.0 Å². The fourth-order valence-corrected chi connectivity index (χ4v) is 2.21. The summed E-state index contributed by atoms with van der Waals surface area (Å²) < 4.78 is 5.20. The number of nitrogens with one attached hydrogen (secondary N) is 1. The van der Waals surface area contributed by atoms with Gasteiger partial charge in [0.1, 0.15) is 11.8 Å². The highest BCUT2D eigenvalue weighted by molar-refractivity contribution is 5.75. The van der Waals surface area contributed by atoms with E-state index < -0.39 is 12.0 Å². The van der Waals surface area contributed by atoms with Crippen molar-refractivity contribution in [2.24, 2.45) is 0 Å². The molecular weight excluding hydrogens is 266 g/mol. The number of benzene rings is 2. The molecule has 0 bridgehead atoms.